The first-order chi connectivity index (χ1) is 18.3. The molecule has 0 aromatic rings. The van der Waals surface area contributed by atoms with E-state index in [9.17, 15) is 22.6 Å². The Labute approximate surface area is 290 Å². The maximum Gasteiger partial charge on any atom is 1.00 e. The topological polar surface area (TPSA) is 107 Å². The summed E-state index contributed by atoms with van der Waals surface area (Å²) in [6, 6.07) is 0. The van der Waals surface area contributed by atoms with E-state index in [1.807, 2.05) is 0 Å². The van der Waals surface area contributed by atoms with E-state index in [0.29, 0.717) is 12.8 Å². The van der Waals surface area contributed by atoms with Gasteiger partial charge in [0.2, 0.25) is 0 Å². The van der Waals surface area contributed by atoms with Crippen molar-refractivity contribution in [1.82, 2.24) is 0 Å². The Morgan fingerprint density at radius 3 is 1.18 bits per heavy atom. The molecule has 0 saturated heterocycles. The Morgan fingerprint density at radius 2 is 0.850 bits per heavy atom. The summed E-state index contributed by atoms with van der Waals surface area (Å²) in [6.45, 7) is 4.70. The van der Waals surface area contributed by atoms with Crippen LogP contribution in [0.1, 0.15) is 162 Å². The van der Waals surface area contributed by atoms with E-state index < -0.39 is 33.7 Å². The van der Waals surface area contributed by atoms with Crippen molar-refractivity contribution in [3.63, 3.8) is 0 Å². The molecule has 0 fully saturated rings. The van der Waals surface area contributed by atoms with E-state index >= 15 is 0 Å². The van der Waals surface area contributed by atoms with Crippen molar-refractivity contribution in [2.75, 3.05) is 13.2 Å². The average molecular weight is 609 g/mol. The van der Waals surface area contributed by atoms with E-state index in [1.54, 1.807) is 0 Å². The van der Waals surface area contributed by atoms with Gasteiger partial charge < -0.3 is 9.47 Å². The Kier molecular flexibility index (Phi) is 37.1. The maximum atomic E-state index is 12.2. The van der Waals surface area contributed by atoms with Gasteiger partial charge in [-0.05, 0) is 12.8 Å². The Balaban J connectivity index is -0.00000684. The van der Waals surface area contributed by atoms with E-state index in [4.69, 9.17) is 9.47 Å². The van der Waals surface area contributed by atoms with Crippen LogP contribution in [0.2, 0.25) is 0 Å². The third-order valence-electron chi connectivity index (χ3n) is 6.98. The average Bonchev–Trinajstić information content (AvgIpc) is 2.87. The van der Waals surface area contributed by atoms with Crippen LogP contribution in [0.3, 0.4) is 0 Å². The SMILES string of the molecule is CCCCCCCCCCCCCOC(=O)CC(C(=O)OCCCCCCCCCCCCC)S(=O)(=O)O.[Na+].[Na+]. The molecule has 0 aliphatic heterocycles. The first-order valence-corrected chi connectivity index (χ1v) is 17.1. The fourth-order valence-electron chi connectivity index (χ4n) is 4.50. The van der Waals surface area contributed by atoms with Crippen LogP contribution >= 0.6 is 0 Å². The molecule has 0 aromatic heterocycles. The monoisotopic (exact) mass is 608 g/mol. The molecule has 1 atom stereocenters. The van der Waals surface area contributed by atoms with Crippen molar-refractivity contribution in [3.8, 4) is 0 Å². The van der Waals surface area contributed by atoms with Gasteiger partial charge in [-0.2, -0.15) is 8.42 Å². The van der Waals surface area contributed by atoms with Gasteiger partial charge >= 0.3 is 71.1 Å². The predicted molar refractivity (Wildman–Crippen MR) is 155 cm³/mol. The minimum absolute atomic E-state index is 0. The van der Waals surface area contributed by atoms with Crippen LogP contribution in [-0.4, -0.2) is 43.4 Å². The molecule has 0 bridgehead atoms. The van der Waals surface area contributed by atoms with Crippen LogP contribution in [0.4, 0.5) is 0 Å². The van der Waals surface area contributed by atoms with E-state index in [0.717, 1.165) is 38.5 Å². The second-order valence-corrected chi connectivity index (χ2v) is 12.3. The summed E-state index contributed by atoms with van der Waals surface area (Å²) >= 11 is 0. The molecular formula is C30H58Na2O7S+2. The third-order valence-corrected chi connectivity index (χ3v) is 8.06. The number of esters is 2. The van der Waals surface area contributed by atoms with Crippen molar-refractivity contribution in [2.24, 2.45) is 0 Å². The Morgan fingerprint density at radius 1 is 0.550 bits per heavy atom. The molecule has 40 heavy (non-hydrogen) atoms. The van der Waals surface area contributed by atoms with Crippen molar-refractivity contribution in [1.29, 1.82) is 0 Å². The Bertz CT molecular complexity index is 675. The van der Waals surface area contributed by atoms with Gasteiger partial charge in [0.15, 0.2) is 5.25 Å². The van der Waals surface area contributed by atoms with E-state index in [2.05, 4.69) is 13.8 Å². The van der Waals surface area contributed by atoms with Crippen LogP contribution in [0.25, 0.3) is 0 Å². The van der Waals surface area contributed by atoms with Crippen LogP contribution in [0.5, 0.6) is 0 Å². The summed E-state index contributed by atoms with van der Waals surface area (Å²) in [6.07, 6.45) is 24.8. The van der Waals surface area contributed by atoms with Crippen molar-refractivity contribution in [2.45, 2.75) is 167 Å². The molecule has 1 unspecified atom stereocenters. The maximum absolute atomic E-state index is 12.2. The zero-order valence-corrected chi connectivity index (χ0v) is 31.4. The first kappa shape index (κ1) is 45.3. The molecule has 0 saturated carbocycles. The number of carbonyl (C=O) groups excluding carboxylic acids is 2. The zero-order chi connectivity index (χ0) is 28.3. The molecule has 0 amide bonds. The van der Waals surface area contributed by atoms with E-state index in [1.165, 1.54) is 89.9 Å². The minimum atomic E-state index is -4.76. The van der Waals surface area contributed by atoms with Crippen LogP contribution in [0.15, 0.2) is 0 Å². The van der Waals surface area contributed by atoms with Gasteiger partial charge in [0.1, 0.15) is 0 Å². The number of carbonyl (C=O) groups is 2. The molecule has 0 aliphatic carbocycles. The quantitative estimate of drug-likeness (QED) is 0.0629. The molecule has 10 heteroatoms. The van der Waals surface area contributed by atoms with Gasteiger partial charge in [-0.3, -0.25) is 14.1 Å². The fraction of sp³-hybridized carbons (Fsp3) is 0.933. The number of rotatable bonds is 28. The van der Waals surface area contributed by atoms with Gasteiger partial charge in [0.05, 0.1) is 19.6 Å². The van der Waals surface area contributed by atoms with Crippen LogP contribution < -0.4 is 59.1 Å². The predicted octanol–water partition coefficient (Wildman–Crippen LogP) is 2.35. The number of hydrogen-bond donors (Lipinski definition) is 1. The summed E-state index contributed by atoms with van der Waals surface area (Å²) in [5.74, 6) is -1.91. The number of hydrogen-bond acceptors (Lipinski definition) is 6. The molecule has 0 aromatic carbocycles. The van der Waals surface area contributed by atoms with Gasteiger partial charge in [-0.25, -0.2) is 0 Å². The van der Waals surface area contributed by atoms with Crippen molar-refractivity contribution in [3.05, 3.63) is 0 Å². The van der Waals surface area contributed by atoms with Crippen molar-refractivity contribution < 1.29 is 91.1 Å². The van der Waals surface area contributed by atoms with E-state index in [-0.39, 0.29) is 72.3 Å². The normalized spacial score (nSPS) is 11.8. The summed E-state index contributed by atoms with van der Waals surface area (Å²) in [5.41, 5.74) is 0. The molecule has 7 nitrogen and oxygen atoms in total. The second-order valence-electron chi connectivity index (χ2n) is 10.7. The van der Waals surface area contributed by atoms with Crippen LogP contribution in [-0.2, 0) is 29.2 Å². The first-order valence-electron chi connectivity index (χ1n) is 15.6. The second kappa shape index (κ2) is 32.8. The van der Waals surface area contributed by atoms with Gasteiger partial charge in [-0.1, -0.05) is 142 Å². The summed E-state index contributed by atoms with van der Waals surface area (Å²) in [5, 5.41) is -1.93. The molecule has 0 rings (SSSR count). The van der Waals surface area contributed by atoms with Crippen LogP contribution in [0, 0.1) is 0 Å². The molecule has 0 spiro atoms. The molecule has 0 aliphatic rings. The summed E-state index contributed by atoms with van der Waals surface area (Å²) in [7, 11) is -4.76. The van der Waals surface area contributed by atoms with Gasteiger partial charge in [0, 0.05) is 0 Å². The van der Waals surface area contributed by atoms with Gasteiger partial charge in [0.25, 0.3) is 10.1 Å². The Hall–Kier alpha value is 0.850. The molecule has 226 valence electrons. The zero-order valence-electron chi connectivity index (χ0n) is 26.6. The fourth-order valence-corrected chi connectivity index (χ4v) is 5.16. The molecular weight excluding hydrogens is 550 g/mol. The summed E-state index contributed by atoms with van der Waals surface area (Å²) < 4.78 is 42.9. The standard InChI is InChI=1S/C30H58O7S.2Na/c1-3-5-7-9-11-13-15-17-19-21-23-25-36-29(31)27-28(38(33,34)35)30(32)37-26-24-22-20-18-16-14-12-10-8-6-4-2;;/h28H,3-27H2,1-2H3,(H,33,34,35);;/q;2*+1. The third kappa shape index (κ3) is 30.3. The molecule has 0 radical (unpaired) electrons. The smallest absolute Gasteiger partial charge is 0.466 e. The number of ether oxygens (including phenoxy) is 2. The number of unbranched alkanes of at least 4 members (excludes halogenated alkanes) is 20. The molecule has 0 heterocycles. The molecule has 1 N–H and O–H groups in total. The van der Waals surface area contributed by atoms with Crippen molar-refractivity contribution >= 4 is 22.1 Å². The summed E-state index contributed by atoms with van der Waals surface area (Å²) in [4.78, 5) is 24.3. The van der Waals surface area contributed by atoms with Gasteiger partial charge in [-0.15, -0.1) is 0 Å². The largest absolute Gasteiger partial charge is 1.00 e. The minimum Gasteiger partial charge on any atom is -0.466 e.